The molecule has 0 aromatic carbocycles. The Morgan fingerprint density at radius 1 is 0.328 bits per heavy atom. The standard InChI is InChI=1S/C58H100O6/c1-4-7-10-13-16-19-22-24-26-28-29-31-32-34-36-39-42-45-48-51-57(60)63-54-55(53-62-56(59)50-47-44-41-38-21-18-15-12-9-6-3)64-58(61)52-49-46-43-40-37-35-33-30-27-25-23-20-17-14-11-8-5-2/h7,10,12,15-16,19,24-27,29,31,55H,4-6,8-9,11,13-14,17-18,20-23,28,30,32-54H2,1-3H3/b10-7-,15-12-,19-16-,26-24-,27-25-,31-29-. The van der Waals surface area contributed by atoms with Crippen LogP contribution in [0.2, 0.25) is 0 Å². The van der Waals surface area contributed by atoms with Gasteiger partial charge in [0, 0.05) is 19.3 Å². The molecule has 0 aliphatic heterocycles. The number of hydrogen-bond donors (Lipinski definition) is 0. The normalized spacial score (nSPS) is 12.6. The molecule has 1 unspecified atom stereocenters. The largest absolute Gasteiger partial charge is 0.462 e. The van der Waals surface area contributed by atoms with Gasteiger partial charge in [-0.2, -0.15) is 0 Å². The van der Waals surface area contributed by atoms with Gasteiger partial charge in [-0.05, 0) is 103 Å². The minimum absolute atomic E-state index is 0.0862. The highest BCUT2D eigenvalue weighted by Crippen LogP contribution is 2.14. The van der Waals surface area contributed by atoms with E-state index in [9.17, 15) is 14.4 Å². The van der Waals surface area contributed by atoms with E-state index in [0.717, 1.165) is 103 Å². The van der Waals surface area contributed by atoms with Gasteiger partial charge in [0.1, 0.15) is 13.2 Å². The summed E-state index contributed by atoms with van der Waals surface area (Å²) >= 11 is 0. The summed E-state index contributed by atoms with van der Waals surface area (Å²) in [6.45, 7) is 6.44. The van der Waals surface area contributed by atoms with Crippen molar-refractivity contribution in [3.8, 4) is 0 Å². The van der Waals surface area contributed by atoms with Gasteiger partial charge in [0.25, 0.3) is 0 Å². The van der Waals surface area contributed by atoms with E-state index in [-0.39, 0.29) is 31.1 Å². The second-order valence-corrected chi connectivity index (χ2v) is 17.7. The second-order valence-electron chi connectivity index (χ2n) is 17.7. The van der Waals surface area contributed by atoms with Crippen molar-refractivity contribution in [1.82, 2.24) is 0 Å². The molecule has 0 aromatic rings. The molecule has 0 aromatic heterocycles. The third-order valence-electron chi connectivity index (χ3n) is 11.4. The van der Waals surface area contributed by atoms with Crippen LogP contribution in [0.5, 0.6) is 0 Å². The molecular formula is C58H100O6. The molecule has 0 fully saturated rings. The molecule has 0 bridgehead atoms. The highest BCUT2D eigenvalue weighted by atomic mass is 16.6. The van der Waals surface area contributed by atoms with E-state index in [1.165, 1.54) is 116 Å². The fourth-order valence-corrected chi connectivity index (χ4v) is 7.37. The molecule has 368 valence electrons. The molecule has 0 saturated carbocycles. The van der Waals surface area contributed by atoms with Gasteiger partial charge in [-0.3, -0.25) is 14.4 Å². The van der Waals surface area contributed by atoms with Crippen LogP contribution in [-0.2, 0) is 28.6 Å². The van der Waals surface area contributed by atoms with E-state index in [0.29, 0.717) is 19.3 Å². The topological polar surface area (TPSA) is 78.9 Å². The fourth-order valence-electron chi connectivity index (χ4n) is 7.37. The molecule has 0 N–H and O–H groups in total. The van der Waals surface area contributed by atoms with Crippen LogP contribution in [-0.4, -0.2) is 37.2 Å². The van der Waals surface area contributed by atoms with Crippen molar-refractivity contribution in [2.24, 2.45) is 0 Å². The van der Waals surface area contributed by atoms with Crippen molar-refractivity contribution in [1.29, 1.82) is 0 Å². The number of ether oxygens (including phenoxy) is 3. The van der Waals surface area contributed by atoms with Gasteiger partial charge in [0.2, 0.25) is 0 Å². The maximum atomic E-state index is 12.8. The molecule has 0 spiro atoms. The summed E-state index contributed by atoms with van der Waals surface area (Å²) in [5.74, 6) is -0.911. The molecule has 0 aliphatic carbocycles. The van der Waals surface area contributed by atoms with Gasteiger partial charge in [-0.1, -0.05) is 209 Å². The average Bonchev–Trinajstić information content (AvgIpc) is 3.29. The van der Waals surface area contributed by atoms with Gasteiger partial charge in [-0.25, -0.2) is 0 Å². The Balaban J connectivity index is 4.36. The number of esters is 3. The predicted molar refractivity (Wildman–Crippen MR) is 274 cm³/mol. The Labute approximate surface area is 395 Å². The van der Waals surface area contributed by atoms with Gasteiger partial charge in [0.05, 0.1) is 0 Å². The SMILES string of the molecule is CC/C=C\C/C=C\C/C=C\C/C=C\CCCCCCCCC(=O)OCC(COC(=O)CCCCCCC/C=C\CCC)OC(=O)CCCCCCCCC/C=C\CCCCCCCC. The molecule has 1 atom stereocenters. The van der Waals surface area contributed by atoms with Crippen LogP contribution in [0, 0.1) is 0 Å². The van der Waals surface area contributed by atoms with Crippen LogP contribution in [0.3, 0.4) is 0 Å². The summed E-state index contributed by atoms with van der Waals surface area (Å²) in [6.07, 6.45) is 66.0. The molecule has 0 radical (unpaired) electrons. The number of rotatable bonds is 48. The first-order valence-electron chi connectivity index (χ1n) is 26.9. The first-order chi connectivity index (χ1) is 31.5. The van der Waals surface area contributed by atoms with Crippen molar-refractivity contribution in [2.75, 3.05) is 13.2 Å². The molecule has 6 nitrogen and oxygen atoms in total. The van der Waals surface area contributed by atoms with Crippen LogP contribution in [0.25, 0.3) is 0 Å². The van der Waals surface area contributed by atoms with Crippen molar-refractivity contribution < 1.29 is 28.6 Å². The Hall–Kier alpha value is -3.15. The van der Waals surface area contributed by atoms with Crippen molar-refractivity contribution in [2.45, 2.75) is 264 Å². The molecule has 6 heteroatoms. The number of carbonyl (C=O) groups is 3. The van der Waals surface area contributed by atoms with Crippen LogP contribution >= 0.6 is 0 Å². The lowest BCUT2D eigenvalue weighted by atomic mass is 10.1. The lowest BCUT2D eigenvalue weighted by molar-refractivity contribution is -0.167. The summed E-state index contributed by atoms with van der Waals surface area (Å²) < 4.78 is 16.8. The molecule has 0 rings (SSSR count). The monoisotopic (exact) mass is 893 g/mol. The Bertz CT molecular complexity index is 1210. The Morgan fingerprint density at radius 2 is 0.641 bits per heavy atom. The van der Waals surface area contributed by atoms with Crippen LogP contribution < -0.4 is 0 Å². The number of carbonyl (C=O) groups excluding carboxylic acids is 3. The van der Waals surface area contributed by atoms with Gasteiger partial charge >= 0.3 is 17.9 Å². The molecule has 0 saturated heterocycles. The molecular weight excluding hydrogens is 793 g/mol. The van der Waals surface area contributed by atoms with Crippen LogP contribution in [0.4, 0.5) is 0 Å². The van der Waals surface area contributed by atoms with Gasteiger partial charge in [0.15, 0.2) is 6.10 Å². The summed E-state index contributed by atoms with van der Waals surface area (Å²) in [4.78, 5) is 38.0. The van der Waals surface area contributed by atoms with E-state index in [1.54, 1.807) is 0 Å². The lowest BCUT2D eigenvalue weighted by Gasteiger charge is -2.18. The third-order valence-corrected chi connectivity index (χ3v) is 11.4. The maximum absolute atomic E-state index is 12.8. The smallest absolute Gasteiger partial charge is 0.306 e. The van der Waals surface area contributed by atoms with Crippen molar-refractivity contribution >= 4 is 17.9 Å². The minimum atomic E-state index is -0.786. The zero-order valence-electron chi connectivity index (χ0n) is 42.0. The zero-order valence-corrected chi connectivity index (χ0v) is 42.0. The zero-order chi connectivity index (χ0) is 46.5. The Morgan fingerprint density at radius 3 is 1.03 bits per heavy atom. The van der Waals surface area contributed by atoms with Crippen molar-refractivity contribution in [3.63, 3.8) is 0 Å². The summed E-state index contributed by atoms with van der Waals surface area (Å²) in [7, 11) is 0. The first kappa shape index (κ1) is 60.9. The second kappa shape index (κ2) is 52.5. The molecule has 0 aliphatic rings. The number of hydrogen-bond acceptors (Lipinski definition) is 6. The average molecular weight is 893 g/mol. The lowest BCUT2D eigenvalue weighted by Crippen LogP contribution is -2.30. The third kappa shape index (κ3) is 49.9. The van der Waals surface area contributed by atoms with Crippen LogP contribution in [0.15, 0.2) is 72.9 Å². The summed E-state index contributed by atoms with van der Waals surface area (Å²) in [6, 6.07) is 0. The quantitative estimate of drug-likeness (QED) is 0.0262. The fraction of sp³-hybridized carbons (Fsp3) is 0.741. The summed E-state index contributed by atoms with van der Waals surface area (Å²) in [5, 5.41) is 0. The molecule has 64 heavy (non-hydrogen) atoms. The maximum Gasteiger partial charge on any atom is 0.306 e. The van der Waals surface area contributed by atoms with E-state index in [4.69, 9.17) is 14.2 Å². The highest BCUT2D eigenvalue weighted by Gasteiger charge is 2.19. The van der Waals surface area contributed by atoms with Crippen molar-refractivity contribution in [3.05, 3.63) is 72.9 Å². The molecule has 0 amide bonds. The number of allylic oxidation sites excluding steroid dienone is 12. The van der Waals surface area contributed by atoms with E-state index < -0.39 is 6.10 Å². The summed E-state index contributed by atoms with van der Waals surface area (Å²) in [5.41, 5.74) is 0. The van der Waals surface area contributed by atoms with E-state index in [1.807, 2.05) is 0 Å². The highest BCUT2D eigenvalue weighted by molar-refractivity contribution is 5.71. The number of unbranched alkanes of at least 4 members (excludes halogenated alkanes) is 25. The minimum Gasteiger partial charge on any atom is -0.462 e. The van der Waals surface area contributed by atoms with E-state index >= 15 is 0 Å². The van der Waals surface area contributed by atoms with Gasteiger partial charge < -0.3 is 14.2 Å². The van der Waals surface area contributed by atoms with E-state index in [2.05, 4.69) is 93.7 Å². The van der Waals surface area contributed by atoms with Crippen LogP contribution in [0.1, 0.15) is 258 Å². The Kier molecular flexibility index (Phi) is 49.9. The predicted octanol–water partition coefficient (Wildman–Crippen LogP) is 17.8. The van der Waals surface area contributed by atoms with Gasteiger partial charge in [-0.15, -0.1) is 0 Å². The first-order valence-corrected chi connectivity index (χ1v) is 26.9. The molecule has 0 heterocycles.